The highest BCUT2D eigenvalue weighted by atomic mass is 16.5. The number of rotatable bonds is 0. The molecule has 29 heavy (non-hydrogen) atoms. The Labute approximate surface area is 167 Å². The van der Waals surface area contributed by atoms with Crippen LogP contribution < -0.4 is 4.74 Å². The molecule has 0 N–H and O–H groups in total. The number of allylic oxidation sites excluding steroid dienone is 2. The molecule has 1 atom stereocenters. The lowest BCUT2D eigenvalue weighted by atomic mass is 9.80. The summed E-state index contributed by atoms with van der Waals surface area (Å²) in [6.07, 6.45) is 6.61. The van der Waals surface area contributed by atoms with E-state index in [1.807, 2.05) is 0 Å². The second kappa shape index (κ2) is 4.44. The molecule has 0 amide bonds. The van der Waals surface area contributed by atoms with Crippen molar-refractivity contribution < 1.29 is 4.74 Å². The zero-order chi connectivity index (χ0) is 18.7. The van der Waals surface area contributed by atoms with Crippen molar-refractivity contribution in [2.75, 3.05) is 6.54 Å². The summed E-state index contributed by atoms with van der Waals surface area (Å²) in [5.41, 5.74) is 7.82. The van der Waals surface area contributed by atoms with Crippen molar-refractivity contribution in [2.24, 2.45) is 0 Å². The number of imidazole rings is 1. The van der Waals surface area contributed by atoms with Crippen LogP contribution in [0, 0.1) is 0 Å². The number of nitrogens with zero attached hydrogens (tertiary/aromatic N) is 3. The molecule has 1 spiro atoms. The molecule has 0 radical (unpaired) electrons. The Morgan fingerprint density at radius 3 is 2.72 bits per heavy atom. The maximum absolute atomic E-state index is 6.46. The molecule has 4 aliphatic rings. The predicted octanol–water partition coefficient (Wildman–Crippen LogP) is 4.96. The van der Waals surface area contributed by atoms with Gasteiger partial charge in [-0.1, -0.05) is 42.5 Å². The highest BCUT2D eigenvalue weighted by Gasteiger charge is 2.61. The monoisotopic (exact) mass is 373 g/mol. The number of ether oxygens (including phenoxy) is 1. The summed E-state index contributed by atoms with van der Waals surface area (Å²) in [6, 6.07) is 21.2. The molecule has 0 bridgehead atoms. The standard InChI is InChI=1S/C25H15N3O/c1-2-10-18-16(8-1)26-24-25-22-15(17-9-3-4-14-27(17)25)7-5-12-20(22)29-21-13-6-11-19(23(21)25)28(18)24/h1-13H,14H2. The van der Waals surface area contributed by atoms with E-state index >= 15 is 0 Å². The summed E-state index contributed by atoms with van der Waals surface area (Å²) in [4.78, 5) is 7.73. The Kier molecular flexibility index (Phi) is 2.18. The van der Waals surface area contributed by atoms with Gasteiger partial charge in [0.15, 0.2) is 5.54 Å². The second-order valence-corrected chi connectivity index (χ2v) is 7.99. The lowest BCUT2D eigenvalue weighted by molar-refractivity contribution is 0.261. The lowest BCUT2D eigenvalue weighted by Crippen LogP contribution is -2.44. The number of hydrogen-bond acceptors (Lipinski definition) is 3. The second-order valence-electron chi connectivity index (χ2n) is 7.99. The molecule has 4 heteroatoms. The third-order valence-corrected chi connectivity index (χ3v) is 6.75. The van der Waals surface area contributed by atoms with Gasteiger partial charge >= 0.3 is 0 Å². The fourth-order valence-electron chi connectivity index (χ4n) is 5.79. The molecule has 4 aliphatic heterocycles. The lowest BCUT2D eigenvalue weighted by Gasteiger charge is -2.41. The average molecular weight is 373 g/mol. The summed E-state index contributed by atoms with van der Waals surface area (Å²) in [7, 11) is 0. The van der Waals surface area contributed by atoms with Crippen LogP contribution in [0.2, 0.25) is 0 Å². The normalized spacial score (nSPS) is 21.4. The van der Waals surface area contributed by atoms with E-state index < -0.39 is 5.54 Å². The van der Waals surface area contributed by atoms with Gasteiger partial charge in [-0.25, -0.2) is 4.98 Å². The molecule has 4 nitrogen and oxygen atoms in total. The molecule has 4 aromatic rings. The predicted molar refractivity (Wildman–Crippen MR) is 111 cm³/mol. The van der Waals surface area contributed by atoms with Crippen molar-refractivity contribution in [3.05, 3.63) is 101 Å². The van der Waals surface area contributed by atoms with E-state index in [2.05, 4.69) is 88.4 Å². The minimum absolute atomic E-state index is 0.453. The maximum atomic E-state index is 6.46. The van der Waals surface area contributed by atoms with E-state index in [4.69, 9.17) is 9.72 Å². The first-order valence-electron chi connectivity index (χ1n) is 9.97. The third-order valence-electron chi connectivity index (χ3n) is 6.75. The fraction of sp³-hybridized carbons (Fsp3) is 0.0800. The van der Waals surface area contributed by atoms with Crippen molar-refractivity contribution >= 4 is 16.7 Å². The summed E-state index contributed by atoms with van der Waals surface area (Å²) in [5, 5.41) is 0. The van der Waals surface area contributed by atoms with Crippen molar-refractivity contribution in [1.82, 2.24) is 14.5 Å². The van der Waals surface area contributed by atoms with E-state index in [9.17, 15) is 0 Å². The number of para-hydroxylation sites is 2. The number of aromatic nitrogens is 2. The van der Waals surface area contributed by atoms with Crippen LogP contribution in [0.1, 0.15) is 22.5 Å². The molecular weight excluding hydrogens is 358 g/mol. The Morgan fingerprint density at radius 2 is 1.76 bits per heavy atom. The first-order valence-corrected chi connectivity index (χ1v) is 9.97. The minimum atomic E-state index is -0.453. The van der Waals surface area contributed by atoms with E-state index in [0.29, 0.717) is 0 Å². The third kappa shape index (κ3) is 1.35. The zero-order valence-corrected chi connectivity index (χ0v) is 15.5. The van der Waals surface area contributed by atoms with Crippen molar-refractivity contribution in [3.63, 3.8) is 0 Å². The van der Waals surface area contributed by atoms with Gasteiger partial charge in [0.1, 0.15) is 17.3 Å². The van der Waals surface area contributed by atoms with Crippen LogP contribution in [0.4, 0.5) is 0 Å². The fourth-order valence-corrected chi connectivity index (χ4v) is 5.79. The van der Waals surface area contributed by atoms with Crippen LogP contribution in [-0.4, -0.2) is 21.0 Å². The van der Waals surface area contributed by atoms with E-state index in [-0.39, 0.29) is 0 Å². The first kappa shape index (κ1) is 14.2. The number of hydrogen-bond donors (Lipinski definition) is 0. The molecule has 1 aromatic heterocycles. The van der Waals surface area contributed by atoms with Gasteiger partial charge in [-0.3, -0.25) is 4.57 Å². The van der Waals surface area contributed by atoms with Crippen LogP contribution >= 0.6 is 0 Å². The van der Waals surface area contributed by atoms with Gasteiger partial charge in [-0.05, 0) is 36.4 Å². The van der Waals surface area contributed by atoms with E-state index in [1.165, 1.54) is 28.1 Å². The molecule has 5 heterocycles. The van der Waals surface area contributed by atoms with Crippen LogP contribution in [0.3, 0.4) is 0 Å². The average Bonchev–Trinajstić information content (AvgIpc) is 3.39. The van der Waals surface area contributed by atoms with Gasteiger partial charge in [0.2, 0.25) is 0 Å². The van der Waals surface area contributed by atoms with Gasteiger partial charge in [0.05, 0.1) is 22.3 Å². The van der Waals surface area contributed by atoms with Crippen molar-refractivity contribution in [1.29, 1.82) is 0 Å². The first-order chi connectivity index (χ1) is 14.4. The topological polar surface area (TPSA) is 30.3 Å². The van der Waals surface area contributed by atoms with Gasteiger partial charge < -0.3 is 9.64 Å². The largest absolute Gasteiger partial charge is 0.456 e. The molecule has 1 unspecified atom stereocenters. The van der Waals surface area contributed by atoms with Gasteiger partial charge in [-0.15, -0.1) is 0 Å². The Balaban J connectivity index is 1.65. The van der Waals surface area contributed by atoms with Gasteiger partial charge in [0, 0.05) is 23.4 Å². The molecule has 0 saturated carbocycles. The molecule has 0 fully saturated rings. The zero-order valence-electron chi connectivity index (χ0n) is 15.5. The SMILES string of the molecule is C1=CCN2C(=C1)c1cccc3c1C21c2c(cccc2-n2c1nc1ccccc12)O3. The summed E-state index contributed by atoms with van der Waals surface area (Å²) >= 11 is 0. The van der Waals surface area contributed by atoms with Crippen molar-refractivity contribution in [2.45, 2.75) is 5.54 Å². The Bertz CT molecular complexity index is 1470. The van der Waals surface area contributed by atoms with E-state index in [0.717, 1.165) is 34.9 Å². The molecule has 0 saturated heterocycles. The van der Waals surface area contributed by atoms with E-state index in [1.54, 1.807) is 0 Å². The molecule has 3 aromatic carbocycles. The number of benzene rings is 3. The maximum Gasteiger partial charge on any atom is 0.160 e. The summed E-state index contributed by atoms with van der Waals surface area (Å²) < 4.78 is 8.80. The molecule has 0 aliphatic carbocycles. The Morgan fingerprint density at radius 1 is 0.897 bits per heavy atom. The highest BCUT2D eigenvalue weighted by molar-refractivity contribution is 5.90. The van der Waals surface area contributed by atoms with Crippen LogP contribution in [-0.2, 0) is 5.54 Å². The highest BCUT2D eigenvalue weighted by Crippen LogP contribution is 2.65. The smallest absolute Gasteiger partial charge is 0.160 e. The van der Waals surface area contributed by atoms with Gasteiger partial charge in [0.25, 0.3) is 0 Å². The summed E-state index contributed by atoms with van der Waals surface area (Å²) in [5.74, 6) is 2.93. The Hall–Kier alpha value is -3.79. The number of fused-ring (bicyclic) bond motifs is 6. The van der Waals surface area contributed by atoms with Gasteiger partial charge in [-0.2, -0.15) is 0 Å². The summed E-state index contributed by atoms with van der Waals surface area (Å²) in [6.45, 7) is 0.844. The van der Waals surface area contributed by atoms with Crippen LogP contribution in [0.15, 0.2) is 78.9 Å². The van der Waals surface area contributed by atoms with Crippen molar-refractivity contribution in [3.8, 4) is 17.2 Å². The minimum Gasteiger partial charge on any atom is -0.456 e. The van der Waals surface area contributed by atoms with Crippen LogP contribution in [0.5, 0.6) is 11.5 Å². The molecule has 8 rings (SSSR count). The van der Waals surface area contributed by atoms with Crippen LogP contribution in [0.25, 0.3) is 22.4 Å². The molecular formula is C25H15N3O. The quantitative estimate of drug-likeness (QED) is 0.436. The molecule has 136 valence electrons.